The lowest BCUT2D eigenvalue weighted by atomic mass is 9.70. The molecule has 0 aliphatic heterocycles. The Labute approximate surface area is 388 Å². The summed E-state index contributed by atoms with van der Waals surface area (Å²) in [4.78, 5) is 27.1. The molecular weight excluding hydrogens is 817 g/mol. The standard InChI is InChI=1S/C61H38N6/c1-4-20-52-49(16-1)50-17-2-5-21-53(50)61(52)54-22-6-3-18-51(54)60-48(19-9-23-55(60)61)45-31-43(39-12-7-14-41(28-39)56-24-10-26-58(66-56)46-33-62-37-63-34-46)30-44(32-45)40-13-8-15-42(29-40)57-25-11-27-59(67-57)47-35-64-38-65-36-47/h1-38H. The van der Waals surface area contributed by atoms with E-state index in [0.29, 0.717) is 0 Å². The maximum atomic E-state index is 5.08. The Morgan fingerprint density at radius 3 is 1.13 bits per heavy atom. The van der Waals surface area contributed by atoms with E-state index < -0.39 is 5.41 Å². The second-order valence-electron chi connectivity index (χ2n) is 17.1. The topological polar surface area (TPSA) is 77.3 Å². The molecule has 0 atom stereocenters. The molecule has 0 saturated carbocycles. The minimum Gasteiger partial charge on any atom is -0.248 e. The van der Waals surface area contributed by atoms with Gasteiger partial charge in [-0.2, -0.15) is 0 Å². The molecule has 0 radical (unpaired) electrons. The molecule has 0 N–H and O–H groups in total. The van der Waals surface area contributed by atoms with E-state index in [1.165, 1.54) is 50.1 Å². The van der Waals surface area contributed by atoms with Gasteiger partial charge in [-0.3, -0.25) is 0 Å². The monoisotopic (exact) mass is 854 g/mol. The minimum atomic E-state index is -0.445. The molecule has 0 saturated heterocycles. The van der Waals surface area contributed by atoms with E-state index in [-0.39, 0.29) is 0 Å². The van der Waals surface area contributed by atoms with Crippen LogP contribution in [0.1, 0.15) is 22.3 Å². The normalized spacial score (nSPS) is 12.6. The van der Waals surface area contributed by atoms with Crippen molar-refractivity contribution in [1.29, 1.82) is 0 Å². The number of benzene rings is 7. The maximum Gasteiger partial charge on any atom is 0.115 e. The first-order chi connectivity index (χ1) is 33.2. The Hall–Kier alpha value is -9.00. The van der Waals surface area contributed by atoms with Gasteiger partial charge in [0.25, 0.3) is 0 Å². The van der Waals surface area contributed by atoms with Crippen molar-refractivity contribution in [3.05, 3.63) is 254 Å². The summed E-state index contributed by atoms with van der Waals surface area (Å²) >= 11 is 0. The SMILES string of the molecule is c1cc(-c2cc(-c3cccc(-c4cccc(-c5cncnc5)n4)c3)cc(-c3cccc4c3-c3ccccc3C43c4ccccc4-c4ccccc43)c2)cc(-c2cccc(-c3cncnc3)n2)c1. The van der Waals surface area contributed by atoms with E-state index in [1.807, 2.05) is 24.3 Å². The van der Waals surface area contributed by atoms with Crippen molar-refractivity contribution in [1.82, 2.24) is 29.9 Å². The highest BCUT2D eigenvalue weighted by Crippen LogP contribution is 2.64. The predicted octanol–water partition coefficient (Wildman–Crippen LogP) is 14.1. The number of aromatic nitrogens is 6. The van der Waals surface area contributed by atoms with Crippen LogP contribution in [-0.2, 0) is 5.41 Å². The largest absolute Gasteiger partial charge is 0.248 e. The van der Waals surface area contributed by atoms with Crippen molar-refractivity contribution in [2.75, 3.05) is 0 Å². The van der Waals surface area contributed by atoms with E-state index in [9.17, 15) is 0 Å². The highest BCUT2D eigenvalue weighted by Gasteiger charge is 2.52. The van der Waals surface area contributed by atoms with Crippen LogP contribution in [0.4, 0.5) is 0 Å². The molecule has 0 unspecified atom stereocenters. The third-order valence-corrected chi connectivity index (χ3v) is 13.5. The highest BCUT2D eigenvalue weighted by molar-refractivity contribution is 6.01. The van der Waals surface area contributed by atoms with E-state index in [4.69, 9.17) is 9.97 Å². The Balaban J connectivity index is 1.01. The van der Waals surface area contributed by atoms with Crippen LogP contribution in [0.2, 0.25) is 0 Å². The summed E-state index contributed by atoms with van der Waals surface area (Å²) in [6.45, 7) is 0. The number of fused-ring (bicyclic) bond motifs is 10. The van der Waals surface area contributed by atoms with Gasteiger partial charge < -0.3 is 0 Å². The number of hydrogen-bond donors (Lipinski definition) is 0. The van der Waals surface area contributed by atoms with E-state index in [1.54, 1.807) is 37.4 Å². The third-order valence-electron chi connectivity index (χ3n) is 13.5. The smallest absolute Gasteiger partial charge is 0.115 e. The average Bonchev–Trinajstić information content (AvgIpc) is 3.89. The first kappa shape index (κ1) is 38.5. The Kier molecular flexibility index (Phi) is 8.96. The molecule has 4 aromatic heterocycles. The number of hydrogen-bond acceptors (Lipinski definition) is 6. The van der Waals surface area contributed by atoms with Gasteiger partial charge in [0, 0.05) is 47.0 Å². The summed E-state index contributed by atoms with van der Waals surface area (Å²) in [6, 6.07) is 70.6. The molecule has 4 heterocycles. The molecule has 0 fully saturated rings. The van der Waals surface area contributed by atoms with Crippen LogP contribution in [0.5, 0.6) is 0 Å². The van der Waals surface area contributed by atoms with Crippen LogP contribution in [-0.4, -0.2) is 29.9 Å². The van der Waals surface area contributed by atoms with Gasteiger partial charge in [-0.05, 0) is 132 Å². The molecule has 13 rings (SSSR count). The lowest BCUT2D eigenvalue weighted by molar-refractivity contribution is 0.794. The lowest BCUT2D eigenvalue weighted by Gasteiger charge is -2.30. The zero-order chi connectivity index (χ0) is 44.3. The second-order valence-corrected chi connectivity index (χ2v) is 17.1. The van der Waals surface area contributed by atoms with Crippen molar-refractivity contribution in [2.45, 2.75) is 5.41 Å². The summed E-state index contributed by atoms with van der Waals surface area (Å²) in [5, 5.41) is 0. The van der Waals surface area contributed by atoms with Crippen LogP contribution >= 0.6 is 0 Å². The Bertz CT molecular complexity index is 3520. The van der Waals surface area contributed by atoms with Gasteiger partial charge >= 0.3 is 0 Å². The molecule has 2 aliphatic carbocycles. The fourth-order valence-corrected chi connectivity index (χ4v) is 10.6. The van der Waals surface area contributed by atoms with Gasteiger partial charge in [0.05, 0.1) is 28.2 Å². The zero-order valence-electron chi connectivity index (χ0n) is 36.1. The van der Waals surface area contributed by atoms with Crippen LogP contribution < -0.4 is 0 Å². The molecule has 0 amide bonds. The molecule has 67 heavy (non-hydrogen) atoms. The van der Waals surface area contributed by atoms with Gasteiger partial charge in [0.15, 0.2) is 0 Å². The van der Waals surface area contributed by atoms with Crippen LogP contribution in [0.25, 0.3) is 101 Å². The van der Waals surface area contributed by atoms with Gasteiger partial charge in [0.2, 0.25) is 0 Å². The van der Waals surface area contributed by atoms with Crippen molar-refractivity contribution < 1.29 is 0 Å². The van der Waals surface area contributed by atoms with Crippen molar-refractivity contribution in [3.8, 4) is 101 Å². The van der Waals surface area contributed by atoms with E-state index >= 15 is 0 Å². The van der Waals surface area contributed by atoms with Crippen molar-refractivity contribution in [2.24, 2.45) is 0 Å². The quantitative estimate of drug-likeness (QED) is 0.159. The lowest BCUT2D eigenvalue weighted by Crippen LogP contribution is -2.25. The van der Waals surface area contributed by atoms with E-state index in [2.05, 4.69) is 190 Å². The maximum absolute atomic E-state index is 5.08. The zero-order valence-corrected chi connectivity index (χ0v) is 36.1. The molecule has 7 aromatic carbocycles. The average molecular weight is 855 g/mol. The first-order valence-electron chi connectivity index (χ1n) is 22.5. The number of pyridine rings is 2. The third kappa shape index (κ3) is 6.26. The van der Waals surface area contributed by atoms with Gasteiger partial charge in [-0.1, -0.05) is 140 Å². The molecule has 1 spiro atoms. The molecule has 0 bridgehead atoms. The summed E-state index contributed by atoms with van der Waals surface area (Å²) in [7, 11) is 0. The van der Waals surface area contributed by atoms with Crippen LogP contribution in [0.3, 0.4) is 0 Å². The summed E-state index contributed by atoms with van der Waals surface area (Å²) in [5.74, 6) is 0. The van der Waals surface area contributed by atoms with Gasteiger partial charge in [-0.15, -0.1) is 0 Å². The van der Waals surface area contributed by atoms with Crippen LogP contribution in [0, 0.1) is 0 Å². The van der Waals surface area contributed by atoms with Gasteiger partial charge in [-0.25, -0.2) is 29.9 Å². The molecule has 6 nitrogen and oxygen atoms in total. The minimum absolute atomic E-state index is 0.445. The Morgan fingerprint density at radius 1 is 0.254 bits per heavy atom. The van der Waals surface area contributed by atoms with Gasteiger partial charge in [0.1, 0.15) is 12.7 Å². The number of nitrogens with zero attached hydrogens (tertiary/aromatic N) is 6. The van der Waals surface area contributed by atoms with Crippen LogP contribution in [0.15, 0.2) is 232 Å². The molecule has 312 valence electrons. The molecular formula is C61H38N6. The summed E-state index contributed by atoms with van der Waals surface area (Å²) in [5.41, 5.74) is 23.9. The fraction of sp³-hybridized carbons (Fsp3) is 0.0164. The first-order valence-corrected chi connectivity index (χ1v) is 22.5. The summed E-state index contributed by atoms with van der Waals surface area (Å²) < 4.78 is 0. The summed E-state index contributed by atoms with van der Waals surface area (Å²) in [6.07, 6.45) is 10.3. The fourth-order valence-electron chi connectivity index (χ4n) is 10.6. The number of rotatable bonds is 7. The molecule has 2 aliphatic rings. The highest BCUT2D eigenvalue weighted by atomic mass is 14.8. The molecule has 6 heteroatoms. The van der Waals surface area contributed by atoms with Crippen molar-refractivity contribution in [3.63, 3.8) is 0 Å². The molecule has 11 aromatic rings. The van der Waals surface area contributed by atoms with E-state index in [0.717, 1.165) is 72.8 Å². The predicted molar refractivity (Wildman–Crippen MR) is 268 cm³/mol. The second kappa shape index (κ2) is 15.6. The Morgan fingerprint density at radius 2 is 0.612 bits per heavy atom. The van der Waals surface area contributed by atoms with Crippen molar-refractivity contribution >= 4 is 0 Å².